The van der Waals surface area contributed by atoms with Crippen LogP contribution in [0.1, 0.15) is 37.4 Å². The van der Waals surface area contributed by atoms with E-state index >= 15 is 0 Å². The van der Waals surface area contributed by atoms with E-state index in [0.29, 0.717) is 21.7 Å². The largest absolute Gasteiger partial charge is 0.457 e. The van der Waals surface area contributed by atoms with Crippen molar-refractivity contribution in [2.45, 2.75) is 6.61 Å². The summed E-state index contributed by atoms with van der Waals surface area (Å²) >= 11 is 5.86. The molecule has 27 heavy (non-hydrogen) atoms. The molecule has 0 fully saturated rings. The highest BCUT2D eigenvalue weighted by molar-refractivity contribution is 6.30. The van der Waals surface area contributed by atoms with Crippen molar-refractivity contribution in [3.63, 3.8) is 0 Å². The van der Waals surface area contributed by atoms with Crippen LogP contribution in [0.15, 0.2) is 72.8 Å². The quantitative estimate of drug-likeness (QED) is 0.474. The number of benzene rings is 3. The van der Waals surface area contributed by atoms with E-state index < -0.39 is 5.97 Å². The first-order valence-corrected chi connectivity index (χ1v) is 8.52. The van der Waals surface area contributed by atoms with Crippen molar-refractivity contribution in [1.82, 2.24) is 0 Å². The Labute approximate surface area is 161 Å². The number of rotatable bonds is 5. The van der Waals surface area contributed by atoms with E-state index in [-0.39, 0.29) is 23.5 Å². The van der Waals surface area contributed by atoms with Crippen molar-refractivity contribution < 1.29 is 14.3 Å². The summed E-state index contributed by atoms with van der Waals surface area (Å²) in [7, 11) is 0. The number of hydrogen-bond acceptors (Lipinski definition) is 4. The summed E-state index contributed by atoms with van der Waals surface area (Å²) in [6.07, 6.45) is 0. The first-order valence-electron chi connectivity index (χ1n) is 8.14. The molecule has 3 rings (SSSR count). The smallest absolute Gasteiger partial charge is 0.339 e. The van der Waals surface area contributed by atoms with Crippen LogP contribution in [-0.4, -0.2) is 11.8 Å². The Morgan fingerprint density at radius 1 is 0.889 bits per heavy atom. The highest BCUT2D eigenvalue weighted by Crippen LogP contribution is 2.19. The second-order valence-electron chi connectivity index (χ2n) is 5.73. The summed E-state index contributed by atoms with van der Waals surface area (Å²) in [5, 5.41) is 9.64. The normalized spacial score (nSPS) is 10.1. The van der Waals surface area contributed by atoms with E-state index in [1.165, 1.54) is 0 Å². The Morgan fingerprint density at radius 3 is 2.22 bits per heavy atom. The fourth-order valence-electron chi connectivity index (χ4n) is 2.59. The van der Waals surface area contributed by atoms with Gasteiger partial charge in [0.25, 0.3) is 0 Å². The van der Waals surface area contributed by atoms with E-state index in [9.17, 15) is 9.59 Å². The van der Waals surface area contributed by atoms with Crippen LogP contribution in [0.25, 0.3) is 0 Å². The lowest BCUT2D eigenvalue weighted by Gasteiger charge is -2.10. The van der Waals surface area contributed by atoms with E-state index in [4.69, 9.17) is 21.6 Å². The van der Waals surface area contributed by atoms with Gasteiger partial charge in [-0.15, -0.1) is 0 Å². The van der Waals surface area contributed by atoms with E-state index in [1.54, 1.807) is 72.8 Å². The Balaban J connectivity index is 1.83. The zero-order chi connectivity index (χ0) is 19.2. The molecule has 0 saturated heterocycles. The number of esters is 1. The van der Waals surface area contributed by atoms with Gasteiger partial charge in [0, 0.05) is 21.7 Å². The second-order valence-corrected chi connectivity index (χ2v) is 6.16. The van der Waals surface area contributed by atoms with Crippen LogP contribution in [0.2, 0.25) is 5.02 Å². The van der Waals surface area contributed by atoms with Crippen LogP contribution in [0.4, 0.5) is 0 Å². The van der Waals surface area contributed by atoms with Crippen molar-refractivity contribution in [3.8, 4) is 6.07 Å². The monoisotopic (exact) mass is 375 g/mol. The zero-order valence-corrected chi connectivity index (χ0v) is 14.9. The maximum absolute atomic E-state index is 12.8. The van der Waals surface area contributed by atoms with Crippen molar-refractivity contribution in [2.24, 2.45) is 0 Å². The number of carbonyl (C=O) groups excluding carboxylic acids is 2. The summed E-state index contributed by atoms with van der Waals surface area (Å²) in [5.41, 5.74) is 1.89. The second kappa shape index (κ2) is 8.31. The molecule has 0 unspecified atom stereocenters. The molecule has 0 bridgehead atoms. The fraction of sp³-hybridized carbons (Fsp3) is 0.0455. The first-order chi connectivity index (χ1) is 13.1. The van der Waals surface area contributed by atoms with E-state index in [2.05, 4.69) is 6.07 Å². The number of nitrogens with zero attached hydrogens (tertiary/aromatic N) is 1. The Bertz CT molecular complexity index is 1040. The lowest BCUT2D eigenvalue weighted by atomic mass is 9.98. The van der Waals surface area contributed by atoms with E-state index in [1.807, 2.05) is 0 Å². The van der Waals surface area contributed by atoms with Gasteiger partial charge in [-0.2, -0.15) is 5.26 Å². The summed E-state index contributed by atoms with van der Waals surface area (Å²) < 4.78 is 5.34. The number of hydrogen-bond donors (Lipinski definition) is 0. The SMILES string of the molecule is N#Cc1ccccc1COC(=O)c1ccccc1C(=O)c1ccc(Cl)cc1. The molecule has 4 nitrogen and oxygen atoms in total. The van der Waals surface area contributed by atoms with Gasteiger partial charge in [-0.3, -0.25) is 4.79 Å². The third-order valence-electron chi connectivity index (χ3n) is 3.99. The minimum absolute atomic E-state index is 0.0496. The Morgan fingerprint density at radius 2 is 1.52 bits per heavy atom. The summed E-state index contributed by atoms with van der Waals surface area (Å²) in [4.78, 5) is 25.3. The summed E-state index contributed by atoms with van der Waals surface area (Å²) in [6, 6.07) is 21.9. The lowest BCUT2D eigenvalue weighted by molar-refractivity contribution is 0.0470. The van der Waals surface area contributed by atoms with Gasteiger partial charge in [-0.05, 0) is 36.4 Å². The third-order valence-corrected chi connectivity index (χ3v) is 4.25. The van der Waals surface area contributed by atoms with Crippen LogP contribution in [0.5, 0.6) is 0 Å². The molecule has 0 N–H and O–H groups in total. The number of ether oxygens (including phenoxy) is 1. The Kier molecular flexibility index (Phi) is 5.65. The van der Waals surface area contributed by atoms with Gasteiger partial charge in [-0.25, -0.2) is 4.79 Å². The molecule has 0 aliphatic heterocycles. The summed E-state index contributed by atoms with van der Waals surface area (Å²) in [6.45, 7) is -0.0496. The van der Waals surface area contributed by atoms with Gasteiger partial charge in [0.1, 0.15) is 6.61 Å². The molecule has 0 saturated carbocycles. The molecule has 0 radical (unpaired) electrons. The molecular formula is C22H14ClNO3. The molecule has 132 valence electrons. The Hall–Kier alpha value is -3.42. The predicted octanol–water partition coefficient (Wildman–Crippen LogP) is 4.80. The molecular weight excluding hydrogens is 362 g/mol. The predicted molar refractivity (Wildman–Crippen MR) is 102 cm³/mol. The number of ketones is 1. The van der Waals surface area contributed by atoms with Crippen LogP contribution in [0.3, 0.4) is 0 Å². The molecule has 0 aromatic heterocycles. The minimum Gasteiger partial charge on any atom is -0.457 e. The maximum Gasteiger partial charge on any atom is 0.339 e. The number of carbonyl (C=O) groups is 2. The molecule has 0 spiro atoms. The van der Waals surface area contributed by atoms with E-state index in [0.717, 1.165) is 0 Å². The molecule has 0 atom stereocenters. The standard InChI is InChI=1S/C22H14ClNO3/c23-18-11-9-15(10-12-18)21(25)19-7-3-4-8-20(19)22(26)27-14-17-6-2-1-5-16(17)13-24/h1-12H,14H2. The van der Waals surface area contributed by atoms with Gasteiger partial charge in [0.15, 0.2) is 5.78 Å². The molecule has 0 amide bonds. The molecule has 5 heteroatoms. The number of nitriles is 1. The van der Waals surface area contributed by atoms with Gasteiger partial charge in [-0.1, -0.05) is 48.0 Å². The van der Waals surface area contributed by atoms with Crippen molar-refractivity contribution in [2.75, 3.05) is 0 Å². The highest BCUT2D eigenvalue weighted by Gasteiger charge is 2.19. The van der Waals surface area contributed by atoms with Crippen molar-refractivity contribution in [1.29, 1.82) is 5.26 Å². The van der Waals surface area contributed by atoms with Gasteiger partial charge in [0.2, 0.25) is 0 Å². The van der Waals surface area contributed by atoms with Crippen molar-refractivity contribution >= 4 is 23.4 Å². The average Bonchev–Trinajstić information content (AvgIpc) is 2.72. The lowest BCUT2D eigenvalue weighted by Crippen LogP contribution is -2.13. The zero-order valence-electron chi connectivity index (χ0n) is 14.2. The average molecular weight is 376 g/mol. The highest BCUT2D eigenvalue weighted by atomic mass is 35.5. The van der Waals surface area contributed by atoms with Crippen LogP contribution < -0.4 is 0 Å². The third kappa shape index (κ3) is 4.22. The molecule has 3 aromatic carbocycles. The van der Waals surface area contributed by atoms with Crippen LogP contribution in [0, 0.1) is 11.3 Å². The van der Waals surface area contributed by atoms with Gasteiger partial charge in [0.05, 0.1) is 17.2 Å². The molecule has 0 heterocycles. The van der Waals surface area contributed by atoms with Crippen LogP contribution >= 0.6 is 11.6 Å². The summed E-state index contributed by atoms with van der Waals surface area (Å²) in [5.74, 6) is -0.919. The van der Waals surface area contributed by atoms with Crippen molar-refractivity contribution in [3.05, 3.63) is 106 Å². The fourth-order valence-corrected chi connectivity index (χ4v) is 2.72. The minimum atomic E-state index is -0.624. The molecule has 0 aliphatic rings. The van der Waals surface area contributed by atoms with Gasteiger partial charge < -0.3 is 4.74 Å². The first kappa shape index (κ1) is 18.4. The van der Waals surface area contributed by atoms with Gasteiger partial charge >= 0.3 is 5.97 Å². The van der Waals surface area contributed by atoms with Crippen LogP contribution in [-0.2, 0) is 11.3 Å². The maximum atomic E-state index is 12.8. The molecule has 3 aromatic rings. The topological polar surface area (TPSA) is 67.2 Å². The molecule has 0 aliphatic carbocycles. The number of halogens is 1.